The van der Waals surface area contributed by atoms with Gasteiger partial charge in [-0.3, -0.25) is 0 Å². The van der Waals surface area contributed by atoms with Gasteiger partial charge in [-0.25, -0.2) is 5.21 Å². The van der Waals surface area contributed by atoms with Crippen LogP contribution in [0.25, 0.3) is 0 Å². The molecule has 0 fully saturated rings. The molecule has 2 rings (SSSR count). The van der Waals surface area contributed by atoms with Crippen molar-refractivity contribution in [2.45, 2.75) is 6.42 Å². The van der Waals surface area contributed by atoms with E-state index in [4.69, 9.17) is 5.21 Å². The molecular weight excluding hydrogens is 202 g/mol. The Kier molecular flexibility index (Phi) is 3.31. The van der Waals surface area contributed by atoms with Gasteiger partial charge in [0.15, 0.2) is 5.69 Å². The van der Waals surface area contributed by atoms with Crippen molar-refractivity contribution in [2.24, 2.45) is 0 Å². The lowest BCUT2D eigenvalue weighted by atomic mass is 10.1. The largest absolute Gasteiger partial charge is 0.595 e. The van der Waals surface area contributed by atoms with E-state index in [1.165, 1.54) is 5.56 Å². The van der Waals surface area contributed by atoms with Gasteiger partial charge < -0.3 is 5.21 Å². The molecule has 3 nitrogen and oxygen atoms in total. The highest BCUT2D eigenvalue weighted by Gasteiger charge is 2.00. The van der Waals surface area contributed by atoms with Crippen LogP contribution in [0.15, 0.2) is 54.6 Å². The molecule has 2 aromatic carbocycles. The third kappa shape index (κ3) is 2.67. The number of hydrogen-bond donors (Lipinski definition) is 2. The highest BCUT2D eigenvalue weighted by molar-refractivity contribution is 5.34. The molecule has 0 aliphatic rings. The van der Waals surface area contributed by atoms with Gasteiger partial charge in [0.25, 0.3) is 0 Å². The van der Waals surface area contributed by atoms with Crippen molar-refractivity contribution in [2.75, 3.05) is 0 Å². The summed E-state index contributed by atoms with van der Waals surface area (Å²) in [6, 6.07) is 17.1. The predicted molar refractivity (Wildman–Crippen MR) is 61.5 cm³/mol. The fourth-order valence-corrected chi connectivity index (χ4v) is 1.60. The van der Waals surface area contributed by atoms with Gasteiger partial charge in [0, 0.05) is 12.1 Å². The summed E-state index contributed by atoms with van der Waals surface area (Å²) in [7, 11) is 0. The van der Waals surface area contributed by atoms with Crippen molar-refractivity contribution in [1.29, 1.82) is 0 Å². The molecule has 1 atom stereocenters. The normalized spacial score (nSPS) is 12.4. The molecule has 0 amide bonds. The molecule has 0 aliphatic heterocycles. The fraction of sp³-hybridized carbons (Fsp3) is 0.0769. The van der Waals surface area contributed by atoms with Crippen LogP contribution in [0.3, 0.4) is 0 Å². The van der Waals surface area contributed by atoms with E-state index in [0.29, 0.717) is 5.69 Å². The average Bonchev–Trinajstić information content (AvgIpc) is 2.31. The quantitative estimate of drug-likeness (QED) is 0.765. The average molecular weight is 215 g/mol. The molecule has 3 heteroatoms. The van der Waals surface area contributed by atoms with Crippen molar-refractivity contribution in [3.8, 4) is 0 Å². The summed E-state index contributed by atoms with van der Waals surface area (Å²) in [5, 5.41) is 18.6. The van der Waals surface area contributed by atoms with E-state index < -0.39 is 5.23 Å². The maximum atomic E-state index is 10.7. The summed E-state index contributed by atoms with van der Waals surface area (Å²) in [5.41, 5.74) is 2.68. The summed E-state index contributed by atoms with van der Waals surface area (Å²) >= 11 is 0. The van der Waals surface area contributed by atoms with E-state index in [1.807, 2.05) is 30.3 Å². The summed E-state index contributed by atoms with van der Waals surface area (Å²) < 4.78 is 0. The van der Waals surface area contributed by atoms with Crippen LogP contribution in [0, 0.1) is 5.21 Å². The Balaban J connectivity index is 2.11. The van der Waals surface area contributed by atoms with Crippen molar-refractivity contribution >= 4 is 5.69 Å². The van der Waals surface area contributed by atoms with Crippen LogP contribution in [0.5, 0.6) is 0 Å². The second kappa shape index (κ2) is 4.90. The molecule has 1 unspecified atom stereocenters. The zero-order valence-electron chi connectivity index (χ0n) is 8.76. The Labute approximate surface area is 94.1 Å². The lowest BCUT2D eigenvalue weighted by molar-refractivity contribution is -0.991. The van der Waals surface area contributed by atoms with Gasteiger partial charge >= 0.3 is 0 Å². The van der Waals surface area contributed by atoms with Crippen LogP contribution >= 0.6 is 0 Å². The van der Waals surface area contributed by atoms with Crippen LogP contribution in [0.2, 0.25) is 0 Å². The van der Waals surface area contributed by atoms with Crippen LogP contribution in [0.4, 0.5) is 5.69 Å². The minimum absolute atomic E-state index is 0.330. The highest BCUT2D eigenvalue weighted by atomic mass is 16.8. The van der Waals surface area contributed by atoms with E-state index in [9.17, 15) is 5.21 Å². The summed E-state index contributed by atoms with van der Waals surface area (Å²) in [6.07, 6.45) is 0.834. The topological polar surface area (TPSA) is 47.7 Å². The Hall–Kier alpha value is -1.68. The van der Waals surface area contributed by atoms with Crippen molar-refractivity contribution < 1.29 is 10.4 Å². The Morgan fingerprint density at radius 3 is 2.00 bits per heavy atom. The number of quaternary nitrogens is 1. The molecule has 0 aliphatic carbocycles. The van der Waals surface area contributed by atoms with Gasteiger partial charge in [0.05, 0.1) is 0 Å². The van der Waals surface area contributed by atoms with Crippen LogP contribution in [-0.4, -0.2) is 5.21 Å². The van der Waals surface area contributed by atoms with Gasteiger partial charge in [-0.15, -0.1) is 0 Å². The number of rotatable bonds is 3. The van der Waals surface area contributed by atoms with E-state index in [-0.39, 0.29) is 0 Å². The van der Waals surface area contributed by atoms with Gasteiger partial charge in [-0.05, 0) is 17.5 Å². The zero-order valence-corrected chi connectivity index (χ0v) is 8.76. The minimum Gasteiger partial charge on any atom is -0.595 e. The van der Waals surface area contributed by atoms with Gasteiger partial charge in [0.1, 0.15) is 0 Å². The van der Waals surface area contributed by atoms with E-state index in [2.05, 4.69) is 12.1 Å². The first-order valence-electron chi connectivity index (χ1n) is 5.12. The lowest BCUT2D eigenvalue weighted by Gasteiger charge is -2.11. The Morgan fingerprint density at radius 1 is 0.875 bits per heavy atom. The first-order chi connectivity index (χ1) is 7.75. The molecule has 16 heavy (non-hydrogen) atoms. The molecule has 0 bridgehead atoms. The third-order valence-electron chi connectivity index (χ3n) is 2.45. The fourth-order valence-electron chi connectivity index (χ4n) is 1.60. The molecule has 2 N–H and O–H groups in total. The van der Waals surface area contributed by atoms with Crippen molar-refractivity contribution in [3.63, 3.8) is 0 Å². The van der Waals surface area contributed by atoms with Crippen LogP contribution < -0.4 is 5.23 Å². The van der Waals surface area contributed by atoms with Gasteiger partial charge in [0.2, 0.25) is 0 Å². The minimum atomic E-state index is -0.883. The predicted octanol–water partition coefficient (Wildman–Crippen LogP) is 1.68. The highest BCUT2D eigenvalue weighted by Crippen LogP contribution is 2.11. The van der Waals surface area contributed by atoms with Crippen molar-refractivity contribution in [3.05, 3.63) is 70.9 Å². The van der Waals surface area contributed by atoms with E-state index >= 15 is 0 Å². The summed E-state index contributed by atoms with van der Waals surface area (Å²) in [5.74, 6) is 0. The summed E-state index contributed by atoms with van der Waals surface area (Å²) in [4.78, 5) is 0. The molecule has 0 saturated carbocycles. The molecule has 82 valence electrons. The first kappa shape index (κ1) is 10.8. The first-order valence-corrected chi connectivity index (χ1v) is 5.12. The molecule has 0 heterocycles. The van der Waals surface area contributed by atoms with Crippen LogP contribution in [-0.2, 0) is 6.42 Å². The number of benzene rings is 2. The van der Waals surface area contributed by atoms with E-state index in [0.717, 1.165) is 12.0 Å². The van der Waals surface area contributed by atoms with Gasteiger partial charge in [-0.2, -0.15) is 5.23 Å². The smallest absolute Gasteiger partial charge is 0.163 e. The second-order valence-electron chi connectivity index (χ2n) is 3.66. The molecular formula is C13H13NO2. The van der Waals surface area contributed by atoms with Gasteiger partial charge in [-0.1, -0.05) is 42.5 Å². The monoisotopic (exact) mass is 215 g/mol. The standard InChI is InChI=1S/C13H13NO2/c15-14(16)13-8-6-12(7-9-13)10-11-4-2-1-3-5-11/h1-9,14-15H,10H2. The molecule has 0 saturated heterocycles. The second-order valence-corrected chi connectivity index (χ2v) is 3.66. The zero-order chi connectivity index (χ0) is 11.4. The van der Waals surface area contributed by atoms with E-state index in [1.54, 1.807) is 12.1 Å². The van der Waals surface area contributed by atoms with Crippen molar-refractivity contribution in [1.82, 2.24) is 0 Å². The molecule has 2 aromatic rings. The Morgan fingerprint density at radius 2 is 1.44 bits per heavy atom. The number of hydrogen-bond acceptors (Lipinski definition) is 2. The maximum absolute atomic E-state index is 10.7. The maximum Gasteiger partial charge on any atom is 0.163 e. The lowest BCUT2D eigenvalue weighted by Crippen LogP contribution is -2.99. The summed E-state index contributed by atoms with van der Waals surface area (Å²) in [6.45, 7) is 0. The van der Waals surface area contributed by atoms with Crippen LogP contribution in [0.1, 0.15) is 11.1 Å². The molecule has 0 spiro atoms. The Bertz CT molecular complexity index is 437. The number of nitrogens with one attached hydrogen (secondary N) is 1. The molecule has 0 aromatic heterocycles. The third-order valence-corrected chi connectivity index (χ3v) is 2.45. The molecule has 0 radical (unpaired) electrons. The SMILES string of the molecule is [O-][NH+](O)c1ccc(Cc2ccccc2)cc1.